The van der Waals surface area contributed by atoms with Crippen LogP contribution in [0.15, 0.2) is 48.5 Å². The summed E-state index contributed by atoms with van der Waals surface area (Å²) in [4.78, 5) is 22.7. The summed E-state index contributed by atoms with van der Waals surface area (Å²) in [6.07, 6.45) is -0.792. The summed E-state index contributed by atoms with van der Waals surface area (Å²) in [5, 5.41) is 24.4. The largest absolute Gasteiger partial charge is 0.478 e. The highest BCUT2D eigenvalue weighted by molar-refractivity contribution is 5.87. The van der Waals surface area contributed by atoms with Crippen LogP contribution in [0.1, 0.15) is 53.9 Å². The smallest absolute Gasteiger partial charge is 0.335 e. The zero-order valence-electron chi connectivity index (χ0n) is 15.8. The molecule has 0 saturated heterocycles. The third kappa shape index (κ3) is 6.11. The molecule has 4 N–H and O–H groups in total. The molecule has 1 unspecified atom stereocenters. The summed E-state index contributed by atoms with van der Waals surface area (Å²) in [5.74, 6) is -0.989. The van der Waals surface area contributed by atoms with E-state index in [0.717, 1.165) is 11.1 Å². The van der Waals surface area contributed by atoms with Crippen molar-refractivity contribution in [1.29, 1.82) is 0 Å². The van der Waals surface area contributed by atoms with Crippen LogP contribution in [-0.4, -0.2) is 28.8 Å². The minimum atomic E-state index is -0.989. The van der Waals surface area contributed by atoms with Crippen molar-refractivity contribution >= 4 is 12.0 Å². The number of nitrogens with one attached hydrogen (secondary N) is 2. The zero-order chi connectivity index (χ0) is 20.0. The van der Waals surface area contributed by atoms with Crippen molar-refractivity contribution in [2.24, 2.45) is 0 Å². The van der Waals surface area contributed by atoms with Crippen molar-refractivity contribution in [1.82, 2.24) is 10.6 Å². The molecule has 2 amide bonds. The van der Waals surface area contributed by atoms with Crippen molar-refractivity contribution in [3.8, 4) is 0 Å². The van der Waals surface area contributed by atoms with E-state index in [4.69, 9.17) is 5.11 Å². The van der Waals surface area contributed by atoms with Gasteiger partial charge in [0, 0.05) is 13.1 Å². The number of rotatable bonds is 6. The number of hydrogen-bond acceptors (Lipinski definition) is 3. The highest BCUT2D eigenvalue weighted by atomic mass is 16.4. The molecule has 0 aromatic heterocycles. The van der Waals surface area contributed by atoms with Gasteiger partial charge in [-0.25, -0.2) is 9.59 Å². The summed E-state index contributed by atoms with van der Waals surface area (Å²) in [6.45, 7) is 6.74. The van der Waals surface area contributed by atoms with Gasteiger partial charge < -0.3 is 20.8 Å². The predicted octanol–water partition coefficient (Wildman–Crippen LogP) is 3.22. The van der Waals surface area contributed by atoms with E-state index in [9.17, 15) is 14.7 Å². The lowest BCUT2D eigenvalue weighted by atomic mass is 9.86. The van der Waals surface area contributed by atoms with Gasteiger partial charge in [0.15, 0.2) is 0 Å². The molecular weight excluding hydrogens is 344 g/mol. The number of urea groups is 1. The minimum Gasteiger partial charge on any atom is -0.478 e. The Kier molecular flexibility index (Phi) is 6.58. The fourth-order valence-electron chi connectivity index (χ4n) is 2.52. The van der Waals surface area contributed by atoms with E-state index in [2.05, 4.69) is 31.4 Å². The molecule has 1 atom stereocenters. The number of aliphatic hydroxyl groups excluding tert-OH is 1. The number of carboxylic acid groups (broad SMARTS) is 1. The van der Waals surface area contributed by atoms with E-state index in [1.165, 1.54) is 17.7 Å². The molecule has 0 spiro atoms. The van der Waals surface area contributed by atoms with Crippen LogP contribution in [0.25, 0.3) is 0 Å². The van der Waals surface area contributed by atoms with Gasteiger partial charge in [0.1, 0.15) is 0 Å². The number of aliphatic hydroxyl groups is 1. The van der Waals surface area contributed by atoms with Gasteiger partial charge in [0.2, 0.25) is 0 Å². The maximum Gasteiger partial charge on any atom is 0.335 e. The molecule has 0 aliphatic carbocycles. The van der Waals surface area contributed by atoms with Crippen LogP contribution in [0, 0.1) is 0 Å². The number of hydrogen-bond donors (Lipinski definition) is 4. The SMILES string of the molecule is CC(C)(C)c1ccc(C(O)CNC(=O)NCc2ccc(C(=O)O)cc2)cc1. The Hall–Kier alpha value is -2.86. The second-order valence-corrected chi connectivity index (χ2v) is 7.45. The highest BCUT2D eigenvalue weighted by Gasteiger charge is 2.15. The molecule has 2 aromatic rings. The van der Waals surface area contributed by atoms with E-state index >= 15 is 0 Å². The van der Waals surface area contributed by atoms with Crippen molar-refractivity contribution in [2.45, 2.75) is 38.8 Å². The molecule has 6 nitrogen and oxygen atoms in total. The number of aromatic carboxylic acids is 1. The summed E-state index contributed by atoms with van der Waals surface area (Å²) < 4.78 is 0. The van der Waals surface area contributed by atoms with Gasteiger partial charge in [-0.05, 0) is 34.2 Å². The molecule has 0 aliphatic heterocycles. The van der Waals surface area contributed by atoms with Crippen LogP contribution in [0.4, 0.5) is 4.79 Å². The molecule has 2 rings (SSSR count). The molecule has 0 saturated carbocycles. The van der Waals surface area contributed by atoms with Crippen LogP contribution in [-0.2, 0) is 12.0 Å². The van der Waals surface area contributed by atoms with Gasteiger partial charge in [-0.3, -0.25) is 0 Å². The average molecular weight is 370 g/mol. The van der Waals surface area contributed by atoms with Gasteiger partial charge >= 0.3 is 12.0 Å². The van der Waals surface area contributed by atoms with Crippen LogP contribution in [0.2, 0.25) is 0 Å². The first-order valence-electron chi connectivity index (χ1n) is 8.79. The number of carboxylic acids is 1. The first-order chi connectivity index (χ1) is 12.7. The molecule has 27 heavy (non-hydrogen) atoms. The molecule has 0 bridgehead atoms. The van der Waals surface area contributed by atoms with E-state index in [0.29, 0.717) is 0 Å². The maximum atomic E-state index is 11.9. The Bertz CT molecular complexity index is 777. The second-order valence-electron chi connectivity index (χ2n) is 7.45. The first kappa shape index (κ1) is 20.5. The van der Waals surface area contributed by atoms with E-state index < -0.39 is 18.1 Å². The quantitative estimate of drug-likeness (QED) is 0.627. The van der Waals surface area contributed by atoms with E-state index in [1.54, 1.807) is 12.1 Å². The van der Waals surface area contributed by atoms with Crippen molar-refractivity contribution in [3.05, 3.63) is 70.8 Å². The topological polar surface area (TPSA) is 98.7 Å². The normalized spacial score (nSPS) is 12.3. The lowest BCUT2D eigenvalue weighted by molar-refractivity contribution is 0.0697. The fraction of sp³-hybridized carbons (Fsp3) is 0.333. The van der Waals surface area contributed by atoms with Crippen LogP contribution >= 0.6 is 0 Å². The minimum absolute atomic E-state index is 0.0459. The molecule has 6 heteroatoms. The van der Waals surface area contributed by atoms with Crippen LogP contribution in [0.5, 0.6) is 0 Å². The molecule has 0 radical (unpaired) electrons. The molecular formula is C21H26N2O4. The Morgan fingerprint density at radius 3 is 2.07 bits per heavy atom. The Balaban J connectivity index is 1.80. The van der Waals surface area contributed by atoms with Gasteiger partial charge in [-0.15, -0.1) is 0 Å². The average Bonchev–Trinajstić information content (AvgIpc) is 2.64. The molecule has 144 valence electrons. The third-order valence-electron chi connectivity index (χ3n) is 4.27. The van der Waals surface area contributed by atoms with Crippen molar-refractivity contribution < 1.29 is 19.8 Å². The third-order valence-corrected chi connectivity index (χ3v) is 4.27. The monoisotopic (exact) mass is 370 g/mol. The lowest BCUT2D eigenvalue weighted by Gasteiger charge is -2.20. The van der Waals surface area contributed by atoms with E-state index in [1.807, 2.05) is 24.3 Å². The summed E-state index contributed by atoms with van der Waals surface area (Å²) in [5.41, 5.74) is 2.95. The highest BCUT2D eigenvalue weighted by Crippen LogP contribution is 2.23. The summed E-state index contributed by atoms with van der Waals surface area (Å²) in [6, 6.07) is 13.6. The van der Waals surface area contributed by atoms with Gasteiger partial charge in [-0.2, -0.15) is 0 Å². The Morgan fingerprint density at radius 1 is 0.963 bits per heavy atom. The molecule has 2 aromatic carbocycles. The molecule has 0 fully saturated rings. The first-order valence-corrected chi connectivity index (χ1v) is 8.79. The van der Waals surface area contributed by atoms with Crippen LogP contribution in [0.3, 0.4) is 0 Å². The summed E-state index contributed by atoms with van der Waals surface area (Å²) in [7, 11) is 0. The second kappa shape index (κ2) is 8.68. The van der Waals surface area contributed by atoms with Crippen molar-refractivity contribution in [2.75, 3.05) is 6.54 Å². The van der Waals surface area contributed by atoms with E-state index in [-0.39, 0.29) is 24.1 Å². The van der Waals surface area contributed by atoms with Gasteiger partial charge in [0.05, 0.1) is 11.7 Å². The summed E-state index contributed by atoms with van der Waals surface area (Å²) >= 11 is 0. The number of amides is 2. The molecule has 0 aliphatic rings. The molecule has 0 heterocycles. The Labute approximate surface area is 159 Å². The van der Waals surface area contributed by atoms with Crippen molar-refractivity contribution in [3.63, 3.8) is 0 Å². The standard InChI is InChI=1S/C21H26N2O4/c1-21(2,3)17-10-8-15(9-11-17)18(24)13-23-20(27)22-12-14-4-6-16(7-5-14)19(25)26/h4-11,18,24H,12-13H2,1-3H3,(H,25,26)(H2,22,23,27). The Morgan fingerprint density at radius 2 is 1.56 bits per heavy atom. The maximum absolute atomic E-state index is 11.9. The number of carbonyl (C=O) groups is 2. The van der Waals surface area contributed by atoms with Gasteiger partial charge in [0.25, 0.3) is 0 Å². The van der Waals surface area contributed by atoms with Gasteiger partial charge in [-0.1, -0.05) is 57.2 Å². The number of benzene rings is 2. The van der Waals surface area contributed by atoms with Crippen LogP contribution < -0.4 is 10.6 Å². The lowest BCUT2D eigenvalue weighted by Crippen LogP contribution is -2.37. The zero-order valence-corrected chi connectivity index (χ0v) is 15.8. The fourth-order valence-corrected chi connectivity index (χ4v) is 2.52. The number of carbonyl (C=O) groups excluding carboxylic acids is 1. The predicted molar refractivity (Wildman–Crippen MR) is 104 cm³/mol.